The summed E-state index contributed by atoms with van der Waals surface area (Å²) in [5.74, 6) is -0.107. The number of methoxy groups -OCH3 is 1. The van der Waals surface area contributed by atoms with Gasteiger partial charge in [-0.1, -0.05) is 6.07 Å². The van der Waals surface area contributed by atoms with Crippen LogP contribution in [0, 0.1) is 0 Å². The van der Waals surface area contributed by atoms with Crippen LogP contribution >= 0.6 is 0 Å². The zero-order valence-corrected chi connectivity index (χ0v) is 11.9. The van der Waals surface area contributed by atoms with Crippen LogP contribution in [0.4, 0.5) is 5.69 Å². The summed E-state index contributed by atoms with van der Waals surface area (Å²) in [7, 11) is -2.30. The number of nitrogens with one attached hydrogen (secondary N) is 1. The van der Waals surface area contributed by atoms with Gasteiger partial charge in [-0.3, -0.25) is 4.79 Å². The number of hydrogen-bond acceptors (Lipinski definition) is 5. The number of primary sulfonamides is 1. The van der Waals surface area contributed by atoms with Gasteiger partial charge in [0.25, 0.3) is 5.91 Å². The smallest absolute Gasteiger partial charge is 0.274 e. The molecule has 0 unspecified atom stereocenters. The van der Waals surface area contributed by atoms with E-state index >= 15 is 0 Å². The number of sulfonamides is 1. The minimum Gasteiger partial charge on any atom is -0.481 e. The van der Waals surface area contributed by atoms with Crippen molar-refractivity contribution in [2.24, 2.45) is 5.14 Å². The fourth-order valence-corrected chi connectivity index (χ4v) is 2.09. The molecule has 1 aromatic heterocycles. The van der Waals surface area contributed by atoms with Crippen molar-refractivity contribution in [3.63, 3.8) is 0 Å². The second kappa shape index (κ2) is 5.90. The van der Waals surface area contributed by atoms with Crippen LogP contribution in [0.3, 0.4) is 0 Å². The normalized spacial score (nSPS) is 11.0. The molecule has 8 heteroatoms. The van der Waals surface area contributed by atoms with Crippen LogP contribution in [-0.2, 0) is 10.0 Å². The van der Waals surface area contributed by atoms with Crippen LogP contribution in [0.25, 0.3) is 0 Å². The van der Waals surface area contributed by atoms with Crippen molar-refractivity contribution < 1.29 is 17.9 Å². The number of carbonyl (C=O) groups is 1. The van der Waals surface area contributed by atoms with Gasteiger partial charge in [0.05, 0.1) is 12.0 Å². The highest BCUT2D eigenvalue weighted by atomic mass is 32.2. The van der Waals surface area contributed by atoms with Crippen LogP contribution in [0.5, 0.6) is 5.88 Å². The third-order valence-corrected chi connectivity index (χ3v) is 3.54. The molecule has 3 N–H and O–H groups in total. The Hall–Kier alpha value is -2.45. The Labute approximate surface area is 121 Å². The summed E-state index contributed by atoms with van der Waals surface area (Å²) in [6.07, 6.45) is 0. The summed E-state index contributed by atoms with van der Waals surface area (Å²) < 4.78 is 27.2. The van der Waals surface area contributed by atoms with E-state index < -0.39 is 15.9 Å². The predicted molar refractivity (Wildman–Crippen MR) is 76.6 cm³/mol. The molecular weight excluding hydrogens is 294 g/mol. The van der Waals surface area contributed by atoms with Gasteiger partial charge in [0.2, 0.25) is 15.9 Å². The average Bonchev–Trinajstić information content (AvgIpc) is 2.47. The number of carbonyl (C=O) groups excluding carboxylic acids is 1. The molecule has 0 aliphatic rings. The largest absolute Gasteiger partial charge is 0.481 e. The first-order valence-electron chi connectivity index (χ1n) is 5.85. The van der Waals surface area contributed by atoms with Crippen molar-refractivity contribution in [1.29, 1.82) is 0 Å². The van der Waals surface area contributed by atoms with E-state index in [9.17, 15) is 13.2 Å². The van der Waals surface area contributed by atoms with Crippen LogP contribution in [0.2, 0.25) is 0 Å². The molecule has 1 amide bonds. The number of amides is 1. The number of nitrogens with zero attached hydrogens (tertiary/aromatic N) is 1. The molecule has 0 spiro atoms. The van der Waals surface area contributed by atoms with Gasteiger partial charge in [0, 0.05) is 11.8 Å². The van der Waals surface area contributed by atoms with Gasteiger partial charge in [-0.05, 0) is 30.3 Å². The number of aromatic nitrogens is 1. The molecule has 2 aromatic rings. The van der Waals surface area contributed by atoms with Crippen molar-refractivity contribution in [2.45, 2.75) is 4.90 Å². The van der Waals surface area contributed by atoms with E-state index in [2.05, 4.69) is 10.3 Å². The highest BCUT2D eigenvalue weighted by molar-refractivity contribution is 7.89. The van der Waals surface area contributed by atoms with Crippen LogP contribution in [0.15, 0.2) is 47.4 Å². The van der Waals surface area contributed by atoms with E-state index in [0.717, 1.165) is 0 Å². The maximum absolute atomic E-state index is 12.0. The molecule has 0 saturated heterocycles. The number of pyridine rings is 1. The van der Waals surface area contributed by atoms with Crippen molar-refractivity contribution in [1.82, 2.24) is 4.98 Å². The summed E-state index contributed by atoms with van der Waals surface area (Å²) in [6.45, 7) is 0. The lowest BCUT2D eigenvalue weighted by Gasteiger charge is -2.06. The first-order chi connectivity index (χ1) is 9.90. The van der Waals surface area contributed by atoms with E-state index in [1.165, 1.54) is 37.4 Å². The molecule has 0 bridgehead atoms. The Balaban J connectivity index is 2.16. The third-order valence-electron chi connectivity index (χ3n) is 2.61. The Morgan fingerprint density at radius 2 is 1.86 bits per heavy atom. The summed E-state index contributed by atoms with van der Waals surface area (Å²) in [5, 5.41) is 7.59. The molecule has 0 saturated carbocycles. The molecule has 7 nitrogen and oxygen atoms in total. The zero-order valence-electron chi connectivity index (χ0n) is 11.1. The molecule has 0 fully saturated rings. The van der Waals surface area contributed by atoms with E-state index in [1.807, 2.05) is 0 Å². The van der Waals surface area contributed by atoms with Crippen molar-refractivity contribution in [3.05, 3.63) is 48.2 Å². The summed E-state index contributed by atoms with van der Waals surface area (Å²) >= 11 is 0. The molecule has 2 rings (SSSR count). The third kappa shape index (κ3) is 3.77. The van der Waals surface area contributed by atoms with E-state index in [4.69, 9.17) is 9.88 Å². The van der Waals surface area contributed by atoms with E-state index in [1.54, 1.807) is 12.1 Å². The zero-order chi connectivity index (χ0) is 15.5. The minimum atomic E-state index is -3.75. The monoisotopic (exact) mass is 307 g/mol. The van der Waals surface area contributed by atoms with Crippen molar-refractivity contribution in [3.8, 4) is 5.88 Å². The lowest BCUT2D eigenvalue weighted by molar-refractivity contribution is 0.102. The molecule has 110 valence electrons. The van der Waals surface area contributed by atoms with Gasteiger partial charge in [0.15, 0.2) is 0 Å². The SMILES string of the molecule is COc1cccc(C(=O)Nc2ccc(S(N)(=O)=O)cc2)n1. The molecule has 0 aliphatic heterocycles. The number of benzene rings is 1. The number of rotatable bonds is 4. The van der Waals surface area contributed by atoms with E-state index in [0.29, 0.717) is 11.6 Å². The fraction of sp³-hybridized carbons (Fsp3) is 0.0769. The molecule has 0 atom stereocenters. The van der Waals surface area contributed by atoms with Crippen LogP contribution in [-0.4, -0.2) is 26.4 Å². The molecule has 1 heterocycles. The summed E-state index contributed by atoms with van der Waals surface area (Å²) in [6, 6.07) is 10.3. The minimum absolute atomic E-state index is 0.0278. The van der Waals surface area contributed by atoms with Gasteiger partial charge in [0.1, 0.15) is 5.69 Å². The second-order valence-electron chi connectivity index (χ2n) is 4.09. The highest BCUT2D eigenvalue weighted by Gasteiger charge is 2.10. The molecule has 21 heavy (non-hydrogen) atoms. The van der Waals surface area contributed by atoms with Crippen LogP contribution < -0.4 is 15.2 Å². The first kappa shape index (κ1) is 14.9. The van der Waals surface area contributed by atoms with Gasteiger partial charge in [-0.2, -0.15) is 0 Å². The van der Waals surface area contributed by atoms with Gasteiger partial charge < -0.3 is 10.1 Å². The number of hydrogen-bond donors (Lipinski definition) is 2. The topological polar surface area (TPSA) is 111 Å². The van der Waals surface area contributed by atoms with Crippen molar-refractivity contribution >= 4 is 21.6 Å². The molecule has 0 aliphatic carbocycles. The van der Waals surface area contributed by atoms with Crippen molar-refractivity contribution in [2.75, 3.05) is 12.4 Å². The Bertz CT molecular complexity index is 757. The van der Waals surface area contributed by atoms with Gasteiger partial charge in [-0.25, -0.2) is 18.5 Å². The Kier molecular flexibility index (Phi) is 4.20. The van der Waals surface area contributed by atoms with E-state index in [-0.39, 0.29) is 10.6 Å². The Morgan fingerprint density at radius 3 is 2.43 bits per heavy atom. The van der Waals surface area contributed by atoms with Gasteiger partial charge >= 0.3 is 0 Å². The van der Waals surface area contributed by atoms with Crippen LogP contribution in [0.1, 0.15) is 10.5 Å². The molecular formula is C13H13N3O4S. The standard InChI is InChI=1S/C13H13N3O4S/c1-20-12-4-2-3-11(16-12)13(17)15-9-5-7-10(8-6-9)21(14,18)19/h2-8H,1H3,(H,15,17)(H2,14,18,19). The first-order valence-corrected chi connectivity index (χ1v) is 7.40. The second-order valence-corrected chi connectivity index (χ2v) is 5.65. The lowest BCUT2D eigenvalue weighted by Crippen LogP contribution is -2.15. The maximum Gasteiger partial charge on any atom is 0.274 e. The lowest BCUT2D eigenvalue weighted by atomic mass is 10.3. The molecule has 0 radical (unpaired) electrons. The predicted octanol–water partition coefficient (Wildman–Crippen LogP) is 0.990. The molecule has 1 aromatic carbocycles. The fourth-order valence-electron chi connectivity index (χ4n) is 1.58. The number of anilines is 1. The number of nitrogens with two attached hydrogens (primary N) is 1. The highest BCUT2D eigenvalue weighted by Crippen LogP contribution is 2.14. The van der Waals surface area contributed by atoms with Gasteiger partial charge in [-0.15, -0.1) is 0 Å². The quantitative estimate of drug-likeness (QED) is 0.875. The average molecular weight is 307 g/mol. The number of ether oxygens (including phenoxy) is 1. The summed E-state index contributed by atoms with van der Waals surface area (Å²) in [4.78, 5) is 16.0. The summed E-state index contributed by atoms with van der Waals surface area (Å²) in [5.41, 5.74) is 0.613. The maximum atomic E-state index is 12.0. The Morgan fingerprint density at radius 1 is 1.19 bits per heavy atom.